The molecule has 5 nitrogen and oxygen atoms in total. The SMILES string of the molecule is CC(C)c1ccc(CCC(=O)NCC(C)(O)c2cnn(C)c2)cc1. The molecule has 1 atom stereocenters. The van der Waals surface area contributed by atoms with E-state index in [-0.39, 0.29) is 12.5 Å². The van der Waals surface area contributed by atoms with Gasteiger partial charge in [0.2, 0.25) is 5.91 Å². The minimum absolute atomic E-state index is 0.0629. The quantitative estimate of drug-likeness (QED) is 0.820. The minimum atomic E-state index is -1.12. The van der Waals surface area contributed by atoms with Gasteiger partial charge >= 0.3 is 0 Å². The molecule has 2 aromatic rings. The van der Waals surface area contributed by atoms with Crippen molar-refractivity contribution >= 4 is 5.91 Å². The van der Waals surface area contributed by atoms with Crippen LogP contribution in [-0.4, -0.2) is 27.3 Å². The van der Waals surface area contributed by atoms with E-state index in [0.717, 1.165) is 5.56 Å². The van der Waals surface area contributed by atoms with Gasteiger partial charge in [0.15, 0.2) is 0 Å². The highest BCUT2D eigenvalue weighted by molar-refractivity contribution is 5.76. The van der Waals surface area contributed by atoms with Crippen LogP contribution in [0.1, 0.15) is 49.8 Å². The molecule has 0 fully saturated rings. The normalized spacial score (nSPS) is 13.8. The van der Waals surface area contributed by atoms with Gasteiger partial charge in [0.05, 0.1) is 12.7 Å². The summed E-state index contributed by atoms with van der Waals surface area (Å²) in [7, 11) is 1.79. The van der Waals surface area contributed by atoms with Crippen LogP contribution < -0.4 is 5.32 Å². The van der Waals surface area contributed by atoms with E-state index in [1.807, 2.05) is 0 Å². The monoisotopic (exact) mass is 329 g/mol. The molecular formula is C19H27N3O2. The lowest BCUT2D eigenvalue weighted by atomic mass is 9.99. The van der Waals surface area contributed by atoms with Gasteiger partial charge in [-0.05, 0) is 30.4 Å². The molecule has 0 spiro atoms. The van der Waals surface area contributed by atoms with Gasteiger partial charge in [0.25, 0.3) is 0 Å². The number of nitrogens with one attached hydrogen (secondary N) is 1. The summed E-state index contributed by atoms with van der Waals surface area (Å²) in [6, 6.07) is 8.39. The predicted octanol–water partition coefficient (Wildman–Crippen LogP) is 2.50. The Balaban J connectivity index is 1.81. The first kappa shape index (κ1) is 18.2. The highest BCUT2D eigenvalue weighted by Gasteiger charge is 2.25. The van der Waals surface area contributed by atoms with E-state index in [1.54, 1.807) is 31.0 Å². The van der Waals surface area contributed by atoms with Crippen LogP contribution in [0, 0.1) is 0 Å². The molecule has 1 heterocycles. The maximum absolute atomic E-state index is 12.0. The molecule has 130 valence electrons. The molecule has 0 bridgehead atoms. The Morgan fingerprint density at radius 2 is 2.00 bits per heavy atom. The Labute approximate surface area is 143 Å². The van der Waals surface area contributed by atoms with E-state index in [2.05, 4.69) is 48.5 Å². The van der Waals surface area contributed by atoms with Gasteiger partial charge in [-0.2, -0.15) is 5.10 Å². The number of aryl methyl sites for hydroxylation is 2. The fourth-order valence-corrected chi connectivity index (χ4v) is 2.49. The maximum Gasteiger partial charge on any atom is 0.220 e. The van der Waals surface area contributed by atoms with Crippen LogP contribution in [0.2, 0.25) is 0 Å². The second kappa shape index (κ2) is 7.62. The summed E-state index contributed by atoms with van der Waals surface area (Å²) in [5.74, 6) is 0.448. The zero-order chi connectivity index (χ0) is 17.7. The first-order chi connectivity index (χ1) is 11.3. The summed E-state index contributed by atoms with van der Waals surface area (Å²) < 4.78 is 1.63. The van der Waals surface area contributed by atoms with Gasteiger partial charge in [0, 0.05) is 25.2 Å². The molecule has 24 heavy (non-hydrogen) atoms. The number of hydrogen-bond donors (Lipinski definition) is 2. The molecule has 0 aliphatic carbocycles. The smallest absolute Gasteiger partial charge is 0.220 e. The average Bonchev–Trinajstić information content (AvgIpc) is 2.99. The molecule has 0 aliphatic rings. The topological polar surface area (TPSA) is 67.2 Å². The Morgan fingerprint density at radius 1 is 1.33 bits per heavy atom. The standard InChI is InChI=1S/C19H27N3O2/c1-14(2)16-8-5-15(6-9-16)7-10-18(23)20-13-19(3,24)17-11-21-22(4)12-17/h5-6,8-9,11-12,14,24H,7,10,13H2,1-4H3,(H,20,23). The average molecular weight is 329 g/mol. The maximum atomic E-state index is 12.0. The number of carbonyl (C=O) groups is 1. The van der Waals surface area contributed by atoms with Crippen LogP contribution in [-0.2, 0) is 23.9 Å². The molecule has 2 N–H and O–H groups in total. The van der Waals surface area contributed by atoms with Gasteiger partial charge in [-0.1, -0.05) is 38.1 Å². The third-order valence-corrected chi connectivity index (χ3v) is 4.24. The summed E-state index contributed by atoms with van der Waals surface area (Å²) in [6.45, 7) is 6.17. The van der Waals surface area contributed by atoms with E-state index >= 15 is 0 Å². The Morgan fingerprint density at radius 3 is 2.54 bits per heavy atom. The van der Waals surface area contributed by atoms with E-state index in [0.29, 0.717) is 24.3 Å². The van der Waals surface area contributed by atoms with E-state index in [4.69, 9.17) is 0 Å². The molecule has 5 heteroatoms. The first-order valence-electron chi connectivity index (χ1n) is 8.35. The molecule has 2 rings (SSSR count). The lowest BCUT2D eigenvalue weighted by Gasteiger charge is -2.22. The van der Waals surface area contributed by atoms with Crippen molar-refractivity contribution < 1.29 is 9.90 Å². The van der Waals surface area contributed by atoms with Crippen molar-refractivity contribution in [1.82, 2.24) is 15.1 Å². The number of nitrogens with zero attached hydrogens (tertiary/aromatic N) is 2. The third kappa shape index (κ3) is 4.93. The molecule has 0 saturated heterocycles. The number of aromatic nitrogens is 2. The van der Waals surface area contributed by atoms with Crippen LogP contribution in [0.5, 0.6) is 0 Å². The molecule has 1 aromatic carbocycles. The molecule has 0 radical (unpaired) electrons. The van der Waals surface area contributed by atoms with Crippen molar-refractivity contribution in [2.24, 2.45) is 7.05 Å². The Bertz CT molecular complexity index is 672. The number of carbonyl (C=O) groups excluding carboxylic acids is 1. The number of rotatable bonds is 7. The van der Waals surface area contributed by atoms with E-state index in [9.17, 15) is 9.90 Å². The van der Waals surface area contributed by atoms with Crippen LogP contribution in [0.3, 0.4) is 0 Å². The van der Waals surface area contributed by atoms with Crippen molar-refractivity contribution in [3.05, 3.63) is 53.3 Å². The molecule has 1 amide bonds. The Hall–Kier alpha value is -2.14. The second-order valence-electron chi connectivity index (χ2n) is 6.85. The predicted molar refractivity (Wildman–Crippen MR) is 94.6 cm³/mol. The molecule has 0 aliphatic heterocycles. The summed E-state index contributed by atoms with van der Waals surface area (Å²) in [6.07, 6.45) is 4.47. The van der Waals surface area contributed by atoms with Gasteiger partial charge in [0.1, 0.15) is 5.60 Å². The third-order valence-electron chi connectivity index (χ3n) is 4.24. The van der Waals surface area contributed by atoms with Gasteiger partial charge in [-0.25, -0.2) is 0 Å². The zero-order valence-electron chi connectivity index (χ0n) is 14.9. The molecule has 1 unspecified atom stereocenters. The molecule has 0 saturated carbocycles. The van der Waals surface area contributed by atoms with Gasteiger partial charge in [-0.3, -0.25) is 9.48 Å². The van der Waals surface area contributed by atoms with Crippen LogP contribution in [0.15, 0.2) is 36.7 Å². The van der Waals surface area contributed by atoms with Crippen molar-refractivity contribution in [3.8, 4) is 0 Å². The van der Waals surface area contributed by atoms with Gasteiger partial charge in [-0.15, -0.1) is 0 Å². The molecular weight excluding hydrogens is 302 g/mol. The van der Waals surface area contributed by atoms with Crippen molar-refractivity contribution in [2.45, 2.75) is 45.1 Å². The summed E-state index contributed by atoms with van der Waals surface area (Å²) in [4.78, 5) is 12.0. The Kier molecular flexibility index (Phi) is 5.78. The first-order valence-corrected chi connectivity index (χ1v) is 8.35. The largest absolute Gasteiger partial charge is 0.383 e. The van der Waals surface area contributed by atoms with Crippen LogP contribution in [0.25, 0.3) is 0 Å². The zero-order valence-corrected chi connectivity index (χ0v) is 14.9. The summed E-state index contributed by atoms with van der Waals surface area (Å²) in [5, 5.41) is 17.3. The van der Waals surface area contributed by atoms with Crippen molar-refractivity contribution in [3.63, 3.8) is 0 Å². The van der Waals surface area contributed by atoms with E-state index in [1.165, 1.54) is 5.56 Å². The highest BCUT2D eigenvalue weighted by atomic mass is 16.3. The lowest BCUT2D eigenvalue weighted by Crippen LogP contribution is -2.38. The highest BCUT2D eigenvalue weighted by Crippen LogP contribution is 2.19. The second-order valence-corrected chi connectivity index (χ2v) is 6.85. The number of hydrogen-bond acceptors (Lipinski definition) is 3. The number of aliphatic hydroxyl groups is 1. The lowest BCUT2D eigenvalue weighted by molar-refractivity contribution is -0.122. The summed E-state index contributed by atoms with van der Waals surface area (Å²) in [5.41, 5.74) is 2.02. The van der Waals surface area contributed by atoms with E-state index < -0.39 is 5.60 Å². The molecule has 1 aromatic heterocycles. The van der Waals surface area contributed by atoms with Crippen LogP contribution >= 0.6 is 0 Å². The van der Waals surface area contributed by atoms with Crippen molar-refractivity contribution in [1.29, 1.82) is 0 Å². The minimum Gasteiger partial charge on any atom is -0.383 e. The van der Waals surface area contributed by atoms with Crippen LogP contribution in [0.4, 0.5) is 0 Å². The fourth-order valence-electron chi connectivity index (χ4n) is 2.49. The van der Waals surface area contributed by atoms with Crippen molar-refractivity contribution in [2.75, 3.05) is 6.54 Å². The summed E-state index contributed by atoms with van der Waals surface area (Å²) >= 11 is 0. The number of amides is 1. The number of benzene rings is 1. The fraction of sp³-hybridized carbons (Fsp3) is 0.474. The van der Waals surface area contributed by atoms with Gasteiger partial charge < -0.3 is 10.4 Å².